The number of nitrogens with one attached hydrogen (secondary N) is 1. The van der Waals surface area contributed by atoms with E-state index in [1.54, 1.807) is 6.26 Å². The van der Waals surface area contributed by atoms with Crippen molar-refractivity contribution in [2.45, 2.75) is 50.6 Å². The Morgan fingerprint density at radius 3 is 3.00 bits per heavy atom. The van der Waals surface area contributed by atoms with Gasteiger partial charge >= 0.3 is 0 Å². The lowest BCUT2D eigenvalue weighted by Crippen LogP contribution is -2.47. The molecule has 0 spiro atoms. The Bertz CT molecular complexity index is 689. The zero-order valence-corrected chi connectivity index (χ0v) is 14.1. The summed E-state index contributed by atoms with van der Waals surface area (Å²) < 4.78 is 11.3. The van der Waals surface area contributed by atoms with Crippen molar-refractivity contribution in [1.29, 1.82) is 0 Å². The van der Waals surface area contributed by atoms with Crippen molar-refractivity contribution in [1.82, 2.24) is 15.2 Å². The van der Waals surface area contributed by atoms with Gasteiger partial charge in [-0.1, -0.05) is 6.07 Å². The van der Waals surface area contributed by atoms with Crippen molar-refractivity contribution in [3.63, 3.8) is 0 Å². The molecule has 6 nitrogen and oxygen atoms in total. The van der Waals surface area contributed by atoms with Crippen molar-refractivity contribution >= 4 is 5.91 Å². The Hall–Kier alpha value is -2.18. The Morgan fingerprint density at radius 2 is 2.20 bits per heavy atom. The van der Waals surface area contributed by atoms with Crippen LogP contribution in [0.3, 0.4) is 0 Å². The quantitative estimate of drug-likeness (QED) is 0.902. The van der Waals surface area contributed by atoms with E-state index in [1.165, 1.54) is 0 Å². The summed E-state index contributed by atoms with van der Waals surface area (Å²) in [6, 6.07) is 10.1. The van der Waals surface area contributed by atoms with E-state index >= 15 is 0 Å². The maximum atomic E-state index is 12.4. The summed E-state index contributed by atoms with van der Waals surface area (Å²) >= 11 is 0. The highest BCUT2D eigenvalue weighted by Crippen LogP contribution is 2.32. The largest absolute Gasteiger partial charge is 0.467 e. The number of hydrogen-bond donors (Lipinski definition) is 1. The van der Waals surface area contributed by atoms with Gasteiger partial charge in [0, 0.05) is 25.3 Å². The molecule has 2 aromatic heterocycles. The van der Waals surface area contributed by atoms with Crippen LogP contribution >= 0.6 is 0 Å². The van der Waals surface area contributed by atoms with Crippen LogP contribution in [0.15, 0.2) is 47.2 Å². The molecule has 6 heteroatoms. The van der Waals surface area contributed by atoms with Crippen LogP contribution in [-0.4, -0.2) is 40.6 Å². The summed E-state index contributed by atoms with van der Waals surface area (Å²) in [6.45, 7) is 2.25. The third-order valence-corrected chi connectivity index (χ3v) is 5.06. The molecular formula is C19H23N3O3. The molecular weight excluding hydrogens is 318 g/mol. The highest BCUT2D eigenvalue weighted by molar-refractivity contribution is 5.80. The molecule has 0 unspecified atom stereocenters. The van der Waals surface area contributed by atoms with Gasteiger partial charge in [-0.05, 0) is 43.5 Å². The SMILES string of the molecule is O=C(NCc1ccco1)[C@@H]1CC[C@@H]2[C@@H](CCN2Cc2ccccn2)O1. The first-order valence-corrected chi connectivity index (χ1v) is 8.89. The molecule has 1 amide bonds. The van der Waals surface area contributed by atoms with Crippen LogP contribution in [0.4, 0.5) is 0 Å². The Morgan fingerprint density at radius 1 is 1.24 bits per heavy atom. The van der Waals surface area contributed by atoms with E-state index in [9.17, 15) is 4.79 Å². The van der Waals surface area contributed by atoms with Crippen LogP contribution in [0.2, 0.25) is 0 Å². The van der Waals surface area contributed by atoms with Crippen LogP contribution in [-0.2, 0) is 22.6 Å². The summed E-state index contributed by atoms with van der Waals surface area (Å²) in [4.78, 5) is 19.2. The number of ether oxygens (including phenoxy) is 1. The van der Waals surface area contributed by atoms with Gasteiger partial charge in [-0.2, -0.15) is 0 Å². The monoisotopic (exact) mass is 341 g/mol. The van der Waals surface area contributed by atoms with Crippen molar-refractivity contribution in [2.75, 3.05) is 6.54 Å². The molecule has 132 valence electrons. The molecule has 0 saturated carbocycles. The molecule has 4 heterocycles. The van der Waals surface area contributed by atoms with Gasteiger partial charge in [0.2, 0.25) is 5.91 Å². The average molecular weight is 341 g/mol. The number of likely N-dealkylation sites (tertiary alicyclic amines) is 1. The number of carbonyl (C=O) groups is 1. The predicted molar refractivity (Wildman–Crippen MR) is 91.5 cm³/mol. The van der Waals surface area contributed by atoms with Gasteiger partial charge in [-0.25, -0.2) is 0 Å². The molecule has 1 N–H and O–H groups in total. The maximum absolute atomic E-state index is 12.4. The Balaban J connectivity index is 1.30. The fraction of sp³-hybridized carbons (Fsp3) is 0.474. The number of fused-ring (bicyclic) bond motifs is 1. The van der Waals surface area contributed by atoms with E-state index in [-0.39, 0.29) is 18.1 Å². The normalized spacial score (nSPS) is 26.3. The van der Waals surface area contributed by atoms with Crippen LogP contribution in [0.5, 0.6) is 0 Å². The highest BCUT2D eigenvalue weighted by atomic mass is 16.5. The van der Waals surface area contributed by atoms with Crippen LogP contribution in [0.25, 0.3) is 0 Å². The average Bonchev–Trinajstić information content (AvgIpc) is 3.30. The van der Waals surface area contributed by atoms with Crippen LogP contribution < -0.4 is 5.32 Å². The summed E-state index contributed by atoms with van der Waals surface area (Å²) in [6.07, 6.45) is 5.93. The van der Waals surface area contributed by atoms with Gasteiger partial charge in [0.25, 0.3) is 0 Å². The van der Waals surface area contributed by atoms with E-state index < -0.39 is 0 Å². The molecule has 0 aromatic carbocycles. The summed E-state index contributed by atoms with van der Waals surface area (Å²) in [5.74, 6) is 0.711. The number of amides is 1. The summed E-state index contributed by atoms with van der Waals surface area (Å²) in [7, 11) is 0. The second-order valence-electron chi connectivity index (χ2n) is 6.69. The van der Waals surface area contributed by atoms with Gasteiger partial charge in [-0.15, -0.1) is 0 Å². The Labute approximate surface area is 147 Å². The summed E-state index contributed by atoms with van der Waals surface area (Å²) in [5, 5.41) is 2.90. The lowest BCUT2D eigenvalue weighted by atomic mass is 9.98. The Kier molecular flexibility index (Phi) is 4.81. The van der Waals surface area contributed by atoms with Gasteiger partial charge in [-0.3, -0.25) is 14.7 Å². The number of rotatable bonds is 5. The number of aromatic nitrogens is 1. The van der Waals surface area contributed by atoms with Crippen molar-refractivity contribution in [2.24, 2.45) is 0 Å². The molecule has 2 saturated heterocycles. The van der Waals surface area contributed by atoms with Crippen molar-refractivity contribution < 1.29 is 13.9 Å². The molecule has 2 aliphatic heterocycles. The summed E-state index contributed by atoms with van der Waals surface area (Å²) in [5.41, 5.74) is 1.08. The van der Waals surface area contributed by atoms with E-state index in [1.807, 2.05) is 30.5 Å². The predicted octanol–water partition coefficient (Wildman–Crippen LogP) is 2.11. The zero-order chi connectivity index (χ0) is 17.1. The fourth-order valence-corrected chi connectivity index (χ4v) is 3.80. The number of nitrogens with zero attached hydrogens (tertiary/aromatic N) is 2. The number of hydrogen-bond acceptors (Lipinski definition) is 5. The smallest absolute Gasteiger partial charge is 0.249 e. The minimum atomic E-state index is -0.356. The standard InChI is InChI=1S/C19H23N3O3/c23-19(21-12-15-5-3-11-24-15)18-7-6-16-17(25-18)8-10-22(16)13-14-4-1-2-9-20-14/h1-5,9,11,16-18H,6-8,10,12-13H2,(H,21,23)/t16-,17-,18+/m1/s1. The first kappa shape index (κ1) is 16.3. The second kappa shape index (κ2) is 7.37. The van der Waals surface area contributed by atoms with E-state index in [4.69, 9.17) is 9.15 Å². The molecule has 2 aromatic rings. The molecule has 25 heavy (non-hydrogen) atoms. The van der Waals surface area contributed by atoms with Gasteiger partial charge < -0.3 is 14.5 Å². The van der Waals surface area contributed by atoms with Crippen molar-refractivity contribution in [3.8, 4) is 0 Å². The number of pyridine rings is 1. The first-order valence-electron chi connectivity index (χ1n) is 8.89. The van der Waals surface area contributed by atoms with Gasteiger partial charge in [0.15, 0.2) is 0 Å². The second-order valence-corrected chi connectivity index (χ2v) is 6.69. The van der Waals surface area contributed by atoms with E-state index in [2.05, 4.69) is 21.3 Å². The molecule has 2 fully saturated rings. The van der Waals surface area contributed by atoms with Crippen LogP contribution in [0, 0.1) is 0 Å². The molecule has 0 aliphatic carbocycles. The number of furan rings is 1. The van der Waals surface area contributed by atoms with E-state index in [0.717, 1.165) is 43.8 Å². The molecule has 4 rings (SSSR count). The van der Waals surface area contributed by atoms with Gasteiger partial charge in [0.05, 0.1) is 24.6 Å². The topological polar surface area (TPSA) is 67.6 Å². The lowest BCUT2D eigenvalue weighted by Gasteiger charge is -2.35. The molecule has 2 aliphatic rings. The van der Waals surface area contributed by atoms with Crippen LogP contribution in [0.1, 0.15) is 30.7 Å². The molecule has 3 atom stereocenters. The third-order valence-electron chi connectivity index (χ3n) is 5.06. The third kappa shape index (κ3) is 3.75. The number of carbonyl (C=O) groups excluding carboxylic acids is 1. The van der Waals surface area contributed by atoms with E-state index in [0.29, 0.717) is 12.6 Å². The van der Waals surface area contributed by atoms with Crippen molar-refractivity contribution in [3.05, 3.63) is 54.2 Å². The minimum Gasteiger partial charge on any atom is -0.467 e. The maximum Gasteiger partial charge on any atom is 0.249 e. The highest BCUT2D eigenvalue weighted by Gasteiger charge is 2.41. The fourth-order valence-electron chi connectivity index (χ4n) is 3.80. The first-order chi connectivity index (χ1) is 12.3. The molecule has 0 bridgehead atoms. The minimum absolute atomic E-state index is 0.0435. The molecule has 0 radical (unpaired) electrons. The van der Waals surface area contributed by atoms with Gasteiger partial charge in [0.1, 0.15) is 11.9 Å². The zero-order valence-electron chi connectivity index (χ0n) is 14.1. The lowest BCUT2D eigenvalue weighted by molar-refractivity contribution is -0.144.